The smallest absolute Gasteiger partial charge is 0.282 e. The zero-order valence-electron chi connectivity index (χ0n) is 19.3. The Kier molecular flexibility index (Phi) is 8.19. The highest BCUT2D eigenvalue weighted by Gasteiger charge is 2.48. The van der Waals surface area contributed by atoms with Gasteiger partial charge in [-0.2, -0.15) is 5.01 Å². The highest BCUT2D eigenvalue weighted by molar-refractivity contribution is 6.55. The van der Waals surface area contributed by atoms with Crippen molar-refractivity contribution in [3.63, 3.8) is 0 Å². The summed E-state index contributed by atoms with van der Waals surface area (Å²) in [6.07, 6.45) is 0. The van der Waals surface area contributed by atoms with Crippen LogP contribution in [0.2, 0.25) is 30.1 Å². The Morgan fingerprint density at radius 3 is 1.74 bits per heavy atom. The Morgan fingerprint density at radius 2 is 1.26 bits per heavy atom. The van der Waals surface area contributed by atoms with E-state index < -0.39 is 29.5 Å². The molecule has 0 unspecified atom stereocenters. The van der Waals surface area contributed by atoms with Crippen LogP contribution in [0.1, 0.15) is 48.4 Å². The summed E-state index contributed by atoms with van der Waals surface area (Å²) >= 11 is 36.8. The minimum atomic E-state index is -1.38. The summed E-state index contributed by atoms with van der Waals surface area (Å²) in [7, 11) is 1.47. The Bertz CT molecular complexity index is 1480. The molecule has 0 saturated carbocycles. The molecule has 0 fully saturated rings. The van der Waals surface area contributed by atoms with Crippen molar-refractivity contribution in [3.05, 3.63) is 94.9 Å². The monoisotopic (exact) mass is 632 g/mol. The van der Waals surface area contributed by atoms with Crippen molar-refractivity contribution < 1.29 is 23.9 Å². The fraction of sp³-hybridized carbons (Fsp3) is 0.120. The summed E-state index contributed by atoms with van der Waals surface area (Å²) in [6, 6.07) is 8.63. The number of hydrogen-bond acceptors (Lipinski definition) is 5. The maximum Gasteiger partial charge on any atom is 0.282 e. The minimum Gasteiger partial charge on any atom is -0.497 e. The van der Waals surface area contributed by atoms with E-state index in [0.29, 0.717) is 15.8 Å². The average molecular weight is 635 g/mol. The third kappa shape index (κ3) is 4.72. The van der Waals surface area contributed by atoms with Gasteiger partial charge in [-0.1, -0.05) is 69.6 Å². The molecule has 3 amide bonds. The molecule has 13 heteroatoms. The summed E-state index contributed by atoms with van der Waals surface area (Å²) in [5.74, 6) is -3.06. The van der Waals surface area contributed by atoms with Crippen molar-refractivity contribution >= 4 is 93.1 Å². The van der Waals surface area contributed by atoms with Gasteiger partial charge < -0.3 is 4.74 Å². The molecule has 38 heavy (non-hydrogen) atoms. The molecule has 4 rings (SSSR count). The number of halogens is 6. The Hall–Kier alpha value is -2.52. The van der Waals surface area contributed by atoms with Crippen molar-refractivity contribution in [3.8, 4) is 5.75 Å². The average Bonchev–Trinajstić information content (AvgIpc) is 3.17. The number of ketones is 1. The number of hydrazine groups is 1. The van der Waals surface area contributed by atoms with Crippen molar-refractivity contribution in [2.45, 2.75) is 13.0 Å². The van der Waals surface area contributed by atoms with Gasteiger partial charge in [0.05, 0.1) is 48.4 Å². The summed E-state index contributed by atoms with van der Waals surface area (Å²) in [5.41, 5.74) is -0.582. The summed E-state index contributed by atoms with van der Waals surface area (Å²) in [4.78, 5) is 54.5. The first-order valence-electron chi connectivity index (χ1n) is 10.6. The minimum absolute atomic E-state index is 0.0404. The quantitative estimate of drug-likeness (QED) is 0.121. The second-order valence-corrected chi connectivity index (χ2v) is 10.3. The number of ether oxygens (including phenoxy) is 1. The third-order valence-corrected chi connectivity index (χ3v) is 8.33. The molecule has 1 aliphatic rings. The predicted octanol–water partition coefficient (Wildman–Crippen LogP) is 7.54. The first kappa shape index (κ1) is 28.5. The predicted molar refractivity (Wildman–Crippen MR) is 146 cm³/mol. The normalized spacial score (nSPS) is 13.4. The van der Waals surface area contributed by atoms with Gasteiger partial charge in [-0.3, -0.25) is 19.2 Å². The van der Waals surface area contributed by atoms with Crippen LogP contribution in [0.3, 0.4) is 0 Å². The van der Waals surface area contributed by atoms with Gasteiger partial charge >= 0.3 is 0 Å². The second-order valence-electron chi connectivity index (χ2n) is 7.98. The standard InChI is InChI=1S/C25H14Cl6N2O5/c1-10(22(34)11-3-6-13(38-2)7-4-11)32(23(35)12-5-8-14(26)15(27)9-12)33-24(36)16-17(25(33)37)19(29)21(31)20(30)18(16)28/h3-10H,1-2H3/t10-/m0/s1. The van der Waals surface area contributed by atoms with Crippen molar-refractivity contribution in [1.29, 1.82) is 0 Å². The number of fused-ring (bicyclic) bond motifs is 1. The number of amides is 3. The van der Waals surface area contributed by atoms with Crippen LogP contribution in [0.5, 0.6) is 5.75 Å². The van der Waals surface area contributed by atoms with Crippen LogP contribution in [0.4, 0.5) is 0 Å². The van der Waals surface area contributed by atoms with Gasteiger partial charge in [-0.25, -0.2) is 5.01 Å². The van der Waals surface area contributed by atoms with E-state index in [1.165, 1.54) is 44.4 Å². The van der Waals surface area contributed by atoms with E-state index in [-0.39, 0.29) is 52.4 Å². The number of imide groups is 1. The first-order chi connectivity index (χ1) is 17.9. The van der Waals surface area contributed by atoms with E-state index in [2.05, 4.69) is 0 Å². The van der Waals surface area contributed by atoms with Gasteiger partial charge in [0.25, 0.3) is 17.7 Å². The molecule has 1 atom stereocenters. The van der Waals surface area contributed by atoms with Crippen LogP contribution >= 0.6 is 69.6 Å². The van der Waals surface area contributed by atoms with E-state index in [1.54, 1.807) is 12.1 Å². The van der Waals surface area contributed by atoms with Crippen molar-refractivity contribution in [1.82, 2.24) is 10.0 Å². The van der Waals surface area contributed by atoms with Gasteiger partial charge in [0.2, 0.25) is 0 Å². The fourth-order valence-electron chi connectivity index (χ4n) is 3.84. The molecule has 3 aromatic rings. The van der Waals surface area contributed by atoms with E-state index in [4.69, 9.17) is 74.3 Å². The molecule has 0 saturated heterocycles. The summed E-state index contributed by atoms with van der Waals surface area (Å²) in [6.45, 7) is 1.36. The van der Waals surface area contributed by atoms with Gasteiger partial charge in [0.15, 0.2) is 5.78 Å². The zero-order chi connectivity index (χ0) is 28.0. The molecule has 0 aliphatic carbocycles. The third-order valence-electron chi connectivity index (χ3n) is 5.79. The van der Waals surface area contributed by atoms with Gasteiger partial charge in [0, 0.05) is 11.1 Å². The van der Waals surface area contributed by atoms with Crippen LogP contribution in [-0.4, -0.2) is 46.7 Å². The zero-order valence-corrected chi connectivity index (χ0v) is 23.9. The van der Waals surface area contributed by atoms with Gasteiger partial charge in [0.1, 0.15) is 11.8 Å². The van der Waals surface area contributed by atoms with Gasteiger partial charge in [-0.15, -0.1) is 0 Å². The molecule has 0 spiro atoms. The lowest BCUT2D eigenvalue weighted by Gasteiger charge is -2.34. The van der Waals surface area contributed by atoms with Crippen LogP contribution < -0.4 is 4.74 Å². The fourth-order valence-corrected chi connectivity index (χ4v) is 5.15. The number of hydrogen-bond donors (Lipinski definition) is 0. The van der Waals surface area contributed by atoms with Crippen molar-refractivity contribution in [2.24, 2.45) is 0 Å². The van der Waals surface area contributed by atoms with Crippen LogP contribution in [0.25, 0.3) is 0 Å². The molecule has 1 heterocycles. The summed E-state index contributed by atoms with van der Waals surface area (Å²) < 4.78 is 5.12. The summed E-state index contributed by atoms with van der Waals surface area (Å²) in [5, 5.41) is 0.270. The van der Waals surface area contributed by atoms with E-state index in [9.17, 15) is 19.2 Å². The highest BCUT2D eigenvalue weighted by atomic mass is 35.5. The Labute approximate surface area is 246 Å². The van der Waals surface area contributed by atoms with E-state index >= 15 is 0 Å². The molecular weight excluding hydrogens is 621 g/mol. The lowest BCUT2D eigenvalue weighted by molar-refractivity contribution is -0.00679. The number of Topliss-reactive ketones (excluding diaryl/α,β-unsaturated/α-hetero) is 1. The Balaban J connectivity index is 1.87. The maximum absolute atomic E-state index is 13.8. The van der Waals surface area contributed by atoms with E-state index in [1.807, 2.05) is 0 Å². The molecule has 3 aromatic carbocycles. The lowest BCUT2D eigenvalue weighted by Crippen LogP contribution is -2.56. The Morgan fingerprint density at radius 1 is 0.763 bits per heavy atom. The molecule has 1 aliphatic heterocycles. The van der Waals surface area contributed by atoms with Gasteiger partial charge in [-0.05, 0) is 49.4 Å². The molecule has 7 nitrogen and oxygen atoms in total. The highest BCUT2D eigenvalue weighted by Crippen LogP contribution is 2.45. The first-order valence-corrected chi connectivity index (χ1v) is 12.9. The molecule has 0 bridgehead atoms. The number of carbonyl (C=O) groups is 4. The van der Waals surface area contributed by atoms with Crippen molar-refractivity contribution in [2.75, 3.05) is 7.11 Å². The van der Waals surface area contributed by atoms with Crippen LogP contribution in [0, 0.1) is 0 Å². The number of nitrogens with zero attached hydrogens (tertiary/aromatic N) is 2. The number of methoxy groups -OCH3 is 1. The maximum atomic E-state index is 13.8. The molecule has 0 N–H and O–H groups in total. The van der Waals surface area contributed by atoms with Crippen LogP contribution in [-0.2, 0) is 0 Å². The molecular formula is C25H14Cl6N2O5. The molecule has 196 valence electrons. The largest absolute Gasteiger partial charge is 0.497 e. The topological polar surface area (TPSA) is 84.0 Å². The molecule has 0 radical (unpaired) electrons. The lowest BCUT2D eigenvalue weighted by atomic mass is 10.0. The number of benzene rings is 3. The molecule has 0 aromatic heterocycles. The number of carbonyl (C=O) groups excluding carboxylic acids is 4. The SMILES string of the molecule is COc1ccc(C(=O)[C@H](C)N(C(=O)c2ccc(Cl)c(Cl)c2)N2C(=O)c3c(Cl)c(Cl)c(Cl)c(Cl)c3C2=O)cc1. The second kappa shape index (κ2) is 10.9. The van der Waals surface area contributed by atoms with E-state index in [0.717, 1.165) is 0 Å². The number of rotatable bonds is 6. The van der Waals surface area contributed by atoms with Crippen LogP contribution in [0.15, 0.2) is 42.5 Å².